The lowest BCUT2D eigenvalue weighted by atomic mass is 10.1. The Morgan fingerprint density at radius 2 is 1.54 bits per heavy atom. The molecule has 0 fully saturated rings. The second-order valence-corrected chi connectivity index (χ2v) is 7.14. The number of benzene rings is 2. The summed E-state index contributed by atoms with van der Waals surface area (Å²) >= 11 is 0. The molecule has 2 aromatic carbocycles. The lowest BCUT2D eigenvalue weighted by Gasteiger charge is -2.25. The van der Waals surface area contributed by atoms with Crippen LogP contribution in [-0.2, 0) is 10.0 Å². The van der Waals surface area contributed by atoms with E-state index < -0.39 is 38.4 Å². The molecule has 0 saturated carbocycles. The Bertz CT molecular complexity index is 788. The van der Waals surface area contributed by atoms with E-state index in [0.29, 0.717) is 5.56 Å². The Morgan fingerprint density at radius 3 is 2.04 bits per heavy atom. The lowest BCUT2D eigenvalue weighted by molar-refractivity contribution is 0.299. The van der Waals surface area contributed by atoms with Crippen LogP contribution in [0.1, 0.15) is 11.6 Å². The number of hydrogen-bond donors (Lipinski definition) is 1. The molecule has 1 unspecified atom stereocenters. The molecule has 1 atom stereocenters. The molecule has 0 aliphatic carbocycles. The van der Waals surface area contributed by atoms with E-state index in [0.717, 1.165) is 18.2 Å². The minimum atomic E-state index is -4.37. The molecule has 0 aliphatic heterocycles. The van der Waals surface area contributed by atoms with Crippen molar-refractivity contribution in [3.05, 3.63) is 65.5 Å². The van der Waals surface area contributed by atoms with E-state index in [1.165, 1.54) is 24.3 Å². The molecule has 0 saturated heterocycles. The predicted octanol–water partition coefficient (Wildman–Crippen LogP) is 2.69. The fraction of sp³-hybridized carbons (Fsp3) is 0.250. The van der Waals surface area contributed by atoms with Crippen molar-refractivity contribution in [3.8, 4) is 0 Å². The first-order valence-corrected chi connectivity index (χ1v) is 8.56. The van der Waals surface area contributed by atoms with Crippen molar-refractivity contribution in [1.29, 1.82) is 0 Å². The van der Waals surface area contributed by atoms with Crippen molar-refractivity contribution in [1.82, 2.24) is 9.62 Å². The van der Waals surface area contributed by atoms with Crippen molar-refractivity contribution in [3.63, 3.8) is 0 Å². The van der Waals surface area contributed by atoms with Crippen LogP contribution in [0.2, 0.25) is 0 Å². The molecule has 0 amide bonds. The Kier molecular flexibility index (Phi) is 5.63. The molecule has 4 nitrogen and oxygen atoms in total. The lowest BCUT2D eigenvalue weighted by Crippen LogP contribution is -2.35. The van der Waals surface area contributed by atoms with E-state index in [2.05, 4.69) is 4.72 Å². The number of nitrogens with one attached hydrogen (secondary N) is 1. The fourth-order valence-electron chi connectivity index (χ4n) is 2.28. The number of rotatable bonds is 6. The van der Waals surface area contributed by atoms with Crippen LogP contribution in [0.25, 0.3) is 0 Å². The number of hydrogen-bond acceptors (Lipinski definition) is 3. The van der Waals surface area contributed by atoms with Crippen LogP contribution < -0.4 is 4.72 Å². The predicted molar refractivity (Wildman–Crippen MR) is 84.4 cm³/mol. The molecule has 2 rings (SSSR count). The van der Waals surface area contributed by atoms with Crippen LogP contribution in [0, 0.1) is 17.5 Å². The normalized spacial score (nSPS) is 13.2. The number of sulfonamides is 1. The van der Waals surface area contributed by atoms with Gasteiger partial charge in [-0.25, -0.2) is 26.3 Å². The first-order valence-electron chi connectivity index (χ1n) is 7.08. The monoisotopic (exact) mass is 358 g/mol. The summed E-state index contributed by atoms with van der Waals surface area (Å²) in [4.78, 5) is 0.703. The first-order chi connectivity index (χ1) is 11.2. The number of likely N-dealkylation sites (N-methyl/N-ethyl adjacent to an activating group) is 1. The highest BCUT2D eigenvalue weighted by Gasteiger charge is 2.25. The van der Waals surface area contributed by atoms with Crippen molar-refractivity contribution >= 4 is 10.0 Å². The van der Waals surface area contributed by atoms with Crippen molar-refractivity contribution in [2.24, 2.45) is 0 Å². The van der Waals surface area contributed by atoms with E-state index in [4.69, 9.17) is 0 Å². The number of halogens is 3. The maximum absolute atomic E-state index is 13.7. The zero-order valence-corrected chi connectivity index (χ0v) is 13.9. The Balaban J connectivity index is 2.24. The molecule has 0 radical (unpaired) electrons. The second kappa shape index (κ2) is 7.33. The largest absolute Gasteiger partial charge is 0.301 e. The van der Waals surface area contributed by atoms with Gasteiger partial charge in [-0.2, -0.15) is 0 Å². The average molecular weight is 358 g/mol. The van der Waals surface area contributed by atoms with E-state index in [1.54, 1.807) is 19.0 Å². The van der Waals surface area contributed by atoms with Gasteiger partial charge in [0.25, 0.3) is 0 Å². The van der Waals surface area contributed by atoms with Crippen LogP contribution in [0.3, 0.4) is 0 Å². The Labute approximate surface area is 139 Å². The molecule has 0 heterocycles. The summed E-state index contributed by atoms with van der Waals surface area (Å²) in [6.07, 6.45) is 0. The van der Waals surface area contributed by atoms with Gasteiger partial charge in [-0.3, -0.25) is 0 Å². The van der Waals surface area contributed by atoms with Crippen LogP contribution in [-0.4, -0.2) is 34.0 Å². The SMILES string of the molecule is CN(C)C(CNS(=O)(=O)c1c(F)cccc1F)c1ccc(F)cc1. The van der Waals surface area contributed by atoms with Crippen molar-refractivity contribution in [2.45, 2.75) is 10.9 Å². The van der Waals surface area contributed by atoms with Gasteiger partial charge in [-0.15, -0.1) is 0 Å². The molecule has 24 heavy (non-hydrogen) atoms. The van der Waals surface area contributed by atoms with E-state index in [9.17, 15) is 21.6 Å². The summed E-state index contributed by atoms with van der Waals surface area (Å²) in [7, 11) is -0.939. The molecule has 130 valence electrons. The maximum Gasteiger partial charge on any atom is 0.246 e. The maximum atomic E-state index is 13.7. The van der Waals surface area contributed by atoms with E-state index in [-0.39, 0.29) is 6.54 Å². The van der Waals surface area contributed by atoms with E-state index >= 15 is 0 Å². The summed E-state index contributed by atoms with van der Waals surface area (Å²) < 4.78 is 67.0. The van der Waals surface area contributed by atoms with Gasteiger partial charge in [0.05, 0.1) is 0 Å². The van der Waals surface area contributed by atoms with Gasteiger partial charge < -0.3 is 4.90 Å². The standard InChI is InChI=1S/C16H17F3N2O2S/c1-21(2)15(11-6-8-12(17)9-7-11)10-20-24(22,23)16-13(18)4-3-5-14(16)19/h3-9,15,20H,10H2,1-2H3. The minimum absolute atomic E-state index is 0.130. The van der Waals surface area contributed by atoms with Crippen molar-refractivity contribution < 1.29 is 21.6 Å². The van der Waals surface area contributed by atoms with Gasteiger partial charge in [0.1, 0.15) is 17.5 Å². The average Bonchev–Trinajstić information content (AvgIpc) is 2.48. The highest BCUT2D eigenvalue weighted by Crippen LogP contribution is 2.21. The molecular weight excluding hydrogens is 341 g/mol. The summed E-state index contributed by atoms with van der Waals surface area (Å²) in [6, 6.07) is 7.98. The molecule has 0 bridgehead atoms. The van der Waals surface area contributed by atoms with Gasteiger partial charge >= 0.3 is 0 Å². The summed E-state index contributed by atoms with van der Waals surface area (Å²) in [6.45, 7) is -0.130. The van der Waals surface area contributed by atoms with Gasteiger partial charge in [0.2, 0.25) is 10.0 Å². The third-order valence-corrected chi connectivity index (χ3v) is 5.01. The summed E-state index contributed by atoms with van der Waals surface area (Å²) in [5, 5.41) is 0. The highest BCUT2D eigenvalue weighted by atomic mass is 32.2. The van der Waals surface area contributed by atoms with Crippen LogP contribution >= 0.6 is 0 Å². The Morgan fingerprint density at radius 1 is 1.00 bits per heavy atom. The van der Waals surface area contributed by atoms with Gasteiger partial charge in [-0.1, -0.05) is 18.2 Å². The van der Waals surface area contributed by atoms with Crippen LogP contribution in [0.4, 0.5) is 13.2 Å². The molecule has 0 aliphatic rings. The van der Waals surface area contributed by atoms with Gasteiger partial charge in [0.15, 0.2) is 4.90 Å². The topological polar surface area (TPSA) is 49.4 Å². The quantitative estimate of drug-likeness (QED) is 0.864. The fourth-order valence-corrected chi connectivity index (χ4v) is 3.45. The second-order valence-electron chi connectivity index (χ2n) is 5.43. The van der Waals surface area contributed by atoms with Crippen LogP contribution in [0.5, 0.6) is 0 Å². The van der Waals surface area contributed by atoms with Crippen molar-refractivity contribution in [2.75, 3.05) is 20.6 Å². The molecular formula is C16H17F3N2O2S. The smallest absolute Gasteiger partial charge is 0.246 e. The third-order valence-electron chi connectivity index (χ3n) is 3.53. The van der Waals surface area contributed by atoms with Gasteiger partial charge in [-0.05, 0) is 43.9 Å². The molecule has 1 N–H and O–H groups in total. The molecule has 2 aromatic rings. The zero-order valence-electron chi connectivity index (χ0n) is 13.1. The summed E-state index contributed by atoms with van der Waals surface area (Å²) in [5.41, 5.74) is 0.665. The third kappa shape index (κ3) is 4.14. The summed E-state index contributed by atoms with van der Waals surface area (Å²) in [5.74, 6) is -2.73. The molecule has 0 spiro atoms. The van der Waals surface area contributed by atoms with Crippen LogP contribution in [0.15, 0.2) is 47.4 Å². The zero-order chi connectivity index (χ0) is 17.9. The van der Waals surface area contributed by atoms with E-state index in [1.807, 2.05) is 0 Å². The minimum Gasteiger partial charge on any atom is -0.301 e. The number of nitrogens with zero attached hydrogens (tertiary/aromatic N) is 1. The molecule has 8 heteroatoms. The highest BCUT2D eigenvalue weighted by molar-refractivity contribution is 7.89. The van der Waals surface area contributed by atoms with Gasteiger partial charge in [0, 0.05) is 12.6 Å². The Hall–Kier alpha value is -1.90. The first kappa shape index (κ1) is 18.4. The molecule has 0 aromatic heterocycles.